The van der Waals surface area contributed by atoms with Crippen molar-refractivity contribution in [2.75, 3.05) is 13.7 Å². The number of nitrogens with zero attached hydrogens (tertiary/aromatic N) is 1. The molecule has 0 bridgehead atoms. The molecule has 1 heterocycles. The Bertz CT molecular complexity index is 757. The van der Waals surface area contributed by atoms with Gasteiger partial charge in [0.2, 0.25) is 5.91 Å². The number of H-pyrrole nitrogens is 1. The summed E-state index contributed by atoms with van der Waals surface area (Å²) < 4.78 is 4.81. The zero-order chi connectivity index (χ0) is 20.4. The lowest BCUT2D eigenvalue weighted by Gasteiger charge is -2.34. The Kier molecular flexibility index (Phi) is 6.26. The molecule has 6 nitrogen and oxygen atoms in total. The third kappa shape index (κ3) is 4.15. The van der Waals surface area contributed by atoms with E-state index in [0.29, 0.717) is 35.0 Å². The van der Waals surface area contributed by atoms with Crippen LogP contribution in [0.5, 0.6) is 0 Å². The Labute approximate surface area is 167 Å². The molecule has 0 saturated heterocycles. The smallest absolute Gasteiger partial charge is 0.354 e. The second-order valence-electron chi connectivity index (χ2n) is 8.43. The second kappa shape index (κ2) is 8.50. The fraction of sp³-hybridized carbons (Fsp3) is 0.682. The quantitative estimate of drug-likeness (QED) is 0.569. The standard InChI is InChI=1S/C22H32N2O4/c1-13-18(14(2)23-19(13)22(27)28-4)20(25)15(3)24(21(26)17-10-11-17)12-16-8-6-5-7-9-16/h15-17,23H,5-12H2,1-4H3/t15-/m1/s1. The molecule has 0 spiro atoms. The fourth-order valence-electron chi connectivity index (χ4n) is 4.43. The first-order valence-corrected chi connectivity index (χ1v) is 10.5. The molecule has 1 atom stereocenters. The highest BCUT2D eigenvalue weighted by Crippen LogP contribution is 2.34. The maximum Gasteiger partial charge on any atom is 0.354 e. The minimum atomic E-state index is -0.534. The number of nitrogens with one attached hydrogen (secondary N) is 1. The third-order valence-corrected chi connectivity index (χ3v) is 6.31. The average molecular weight is 389 g/mol. The molecule has 1 N–H and O–H groups in total. The molecular weight excluding hydrogens is 356 g/mol. The Morgan fingerprint density at radius 1 is 1.11 bits per heavy atom. The van der Waals surface area contributed by atoms with Gasteiger partial charge < -0.3 is 14.6 Å². The van der Waals surface area contributed by atoms with Crippen molar-refractivity contribution in [2.24, 2.45) is 11.8 Å². The van der Waals surface area contributed by atoms with E-state index in [0.717, 1.165) is 25.7 Å². The van der Waals surface area contributed by atoms with Gasteiger partial charge in [0.25, 0.3) is 0 Å². The van der Waals surface area contributed by atoms with Crippen LogP contribution in [-0.2, 0) is 9.53 Å². The SMILES string of the molecule is COC(=O)c1[nH]c(C)c(C(=O)[C@@H](C)N(CC2CCCCC2)C(=O)C2CC2)c1C. The number of ether oxygens (including phenoxy) is 1. The van der Waals surface area contributed by atoms with Gasteiger partial charge in [0.05, 0.1) is 13.2 Å². The van der Waals surface area contributed by atoms with Crippen molar-refractivity contribution in [3.8, 4) is 0 Å². The first-order chi connectivity index (χ1) is 13.3. The Morgan fingerprint density at radius 2 is 1.75 bits per heavy atom. The third-order valence-electron chi connectivity index (χ3n) is 6.31. The molecule has 3 rings (SSSR count). The highest BCUT2D eigenvalue weighted by Gasteiger charge is 2.39. The predicted molar refractivity (Wildman–Crippen MR) is 106 cm³/mol. The van der Waals surface area contributed by atoms with Crippen molar-refractivity contribution in [3.05, 3.63) is 22.5 Å². The number of hydrogen-bond acceptors (Lipinski definition) is 4. The van der Waals surface area contributed by atoms with Gasteiger partial charge >= 0.3 is 5.97 Å². The number of hydrogen-bond donors (Lipinski definition) is 1. The Morgan fingerprint density at radius 3 is 2.32 bits per heavy atom. The van der Waals surface area contributed by atoms with E-state index in [2.05, 4.69) is 4.98 Å². The molecule has 0 aromatic carbocycles. The summed E-state index contributed by atoms with van der Waals surface area (Å²) in [5, 5.41) is 0. The van der Waals surface area contributed by atoms with Gasteiger partial charge in [0.1, 0.15) is 5.69 Å². The molecule has 1 aromatic heterocycles. The predicted octanol–water partition coefficient (Wildman–Crippen LogP) is 3.81. The number of ketones is 1. The van der Waals surface area contributed by atoms with Crippen molar-refractivity contribution in [1.29, 1.82) is 0 Å². The molecule has 2 aliphatic rings. The molecule has 2 fully saturated rings. The van der Waals surface area contributed by atoms with Crippen LogP contribution >= 0.6 is 0 Å². The summed E-state index contributed by atoms with van der Waals surface area (Å²) >= 11 is 0. The fourth-order valence-corrected chi connectivity index (χ4v) is 4.43. The van der Waals surface area contributed by atoms with Crippen molar-refractivity contribution < 1.29 is 19.1 Å². The topological polar surface area (TPSA) is 79.5 Å². The van der Waals surface area contributed by atoms with Gasteiger partial charge in [-0.2, -0.15) is 0 Å². The van der Waals surface area contributed by atoms with Crippen molar-refractivity contribution in [1.82, 2.24) is 9.88 Å². The number of aromatic amines is 1. The van der Waals surface area contributed by atoms with Gasteiger partial charge in [-0.3, -0.25) is 9.59 Å². The van der Waals surface area contributed by atoms with Crippen LogP contribution in [0.2, 0.25) is 0 Å². The zero-order valence-electron chi connectivity index (χ0n) is 17.5. The maximum atomic E-state index is 13.4. The van der Waals surface area contributed by atoms with Gasteiger partial charge in [-0.15, -0.1) is 0 Å². The number of esters is 1. The van der Waals surface area contributed by atoms with E-state index in [9.17, 15) is 14.4 Å². The van der Waals surface area contributed by atoms with E-state index in [1.165, 1.54) is 26.4 Å². The van der Waals surface area contributed by atoms with Gasteiger partial charge in [-0.05, 0) is 57.9 Å². The summed E-state index contributed by atoms with van der Waals surface area (Å²) in [5.41, 5.74) is 2.05. The first kappa shape index (κ1) is 20.6. The lowest BCUT2D eigenvalue weighted by atomic mass is 9.88. The van der Waals surface area contributed by atoms with Crippen LogP contribution < -0.4 is 0 Å². The van der Waals surface area contributed by atoms with Crippen molar-refractivity contribution in [2.45, 2.75) is 71.8 Å². The van der Waals surface area contributed by atoms with Crippen molar-refractivity contribution in [3.63, 3.8) is 0 Å². The lowest BCUT2D eigenvalue weighted by molar-refractivity contribution is -0.134. The molecule has 0 radical (unpaired) electrons. The molecular formula is C22H32N2O4. The number of aryl methyl sites for hydroxylation is 1. The Balaban J connectivity index is 1.84. The summed E-state index contributed by atoms with van der Waals surface area (Å²) in [6.07, 6.45) is 7.78. The summed E-state index contributed by atoms with van der Waals surface area (Å²) in [7, 11) is 1.32. The van der Waals surface area contributed by atoms with Crippen LogP contribution in [-0.4, -0.2) is 47.2 Å². The van der Waals surface area contributed by atoms with E-state index in [4.69, 9.17) is 4.74 Å². The summed E-state index contributed by atoms with van der Waals surface area (Å²) in [6.45, 7) is 6.03. The van der Waals surface area contributed by atoms with E-state index in [-0.39, 0.29) is 17.6 Å². The summed E-state index contributed by atoms with van der Waals surface area (Å²) in [4.78, 5) is 43.1. The minimum Gasteiger partial charge on any atom is -0.464 e. The number of carbonyl (C=O) groups excluding carboxylic acids is 3. The number of rotatable bonds is 7. The average Bonchev–Trinajstić information content (AvgIpc) is 3.50. The summed E-state index contributed by atoms with van der Waals surface area (Å²) in [6, 6.07) is -0.534. The highest BCUT2D eigenvalue weighted by molar-refractivity contribution is 6.06. The Hall–Kier alpha value is -2.11. The molecule has 0 unspecified atom stereocenters. The van der Waals surface area contributed by atoms with Gasteiger partial charge in [0, 0.05) is 23.7 Å². The van der Waals surface area contributed by atoms with E-state index in [1.807, 2.05) is 11.8 Å². The van der Waals surface area contributed by atoms with E-state index < -0.39 is 12.0 Å². The first-order valence-electron chi connectivity index (χ1n) is 10.5. The normalized spacial score (nSPS) is 18.6. The van der Waals surface area contributed by atoms with Crippen LogP contribution in [0.4, 0.5) is 0 Å². The molecule has 2 aliphatic carbocycles. The number of carbonyl (C=O) groups is 3. The van der Waals surface area contributed by atoms with Crippen LogP contribution in [0.3, 0.4) is 0 Å². The number of methoxy groups -OCH3 is 1. The minimum absolute atomic E-state index is 0.0814. The second-order valence-corrected chi connectivity index (χ2v) is 8.43. The van der Waals surface area contributed by atoms with E-state index in [1.54, 1.807) is 13.8 Å². The molecule has 28 heavy (non-hydrogen) atoms. The van der Waals surface area contributed by atoms with Crippen LogP contribution in [0.1, 0.15) is 84.0 Å². The van der Waals surface area contributed by atoms with Crippen molar-refractivity contribution >= 4 is 17.7 Å². The molecule has 154 valence electrons. The zero-order valence-corrected chi connectivity index (χ0v) is 17.5. The van der Waals surface area contributed by atoms with Gasteiger partial charge in [-0.1, -0.05) is 19.3 Å². The largest absolute Gasteiger partial charge is 0.464 e. The summed E-state index contributed by atoms with van der Waals surface area (Å²) in [5.74, 6) is 0.0840. The molecule has 6 heteroatoms. The lowest BCUT2D eigenvalue weighted by Crippen LogP contribution is -2.47. The van der Waals surface area contributed by atoms with Gasteiger partial charge in [-0.25, -0.2) is 4.79 Å². The van der Waals surface area contributed by atoms with Gasteiger partial charge in [0.15, 0.2) is 5.78 Å². The number of Topliss-reactive ketones (excluding diaryl/α,β-unsaturated/α-hetero) is 1. The number of amides is 1. The van der Waals surface area contributed by atoms with Crippen LogP contribution in [0.25, 0.3) is 0 Å². The molecule has 0 aliphatic heterocycles. The number of aromatic nitrogens is 1. The van der Waals surface area contributed by atoms with E-state index >= 15 is 0 Å². The highest BCUT2D eigenvalue weighted by atomic mass is 16.5. The maximum absolute atomic E-state index is 13.4. The monoisotopic (exact) mass is 388 g/mol. The molecule has 1 amide bonds. The van der Waals surface area contributed by atoms with Crippen LogP contribution in [0, 0.1) is 25.7 Å². The molecule has 1 aromatic rings. The molecule has 2 saturated carbocycles. The van der Waals surface area contributed by atoms with Crippen LogP contribution in [0.15, 0.2) is 0 Å².